The van der Waals surface area contributed by atoms with E-state index in [1.54, 1.807) is 0 Å². The number of aliphatic hydroxyl groups is 3. The molecule has 0 radical (unpaired) electrons. The lowest BCUT2D eigenvalue weighted by Crippen LogP contribution is -2.55. The molecule has 1 aliphatic heterocycles. The molecule has 1 saturated heterocycles. The molecule has 29 heavy (non-hydrogen) atoms. The summed E-state index contributed by atoms with van der Waals surface area (Å²) in [4.78, 5) is 0. The first-order valence-corrected chi connectivity index (χ1v) is 12.1. The minimum Gasteiger partial charge on any atom is -0.394 e. The summed E-state index contributed by atoms with van der Waals surface area (Å²) in [5.74, 6) is 0. The lowest BCUT2D eigenvalue weighted by Gasteiger charge is -2.37. The number of ether oxygens (including phenoxy) is 2. The van der Waals surface area contributed by atoms with E-state index in [4.69, 9.17) is 14.6 Å². The van der Waals surface area contributed by atoms with Gasteiger partial charge in [0, 0.05) is 6.61 Å². The first-order chi connectivity index (χ1) is 14.2. The fraction of sp³-hybridized carbons (Fsp3) is 0.917. The molecule has 1 heterocycles. The maximum absolute atomic E-state index is 10.1. The third kappa shape index (κ3) is 12.7. The van der Waals surface area contributed by atoms with Crippen molar-refractivity contribution in [3.63, 3.8) is 0 Å². The summed E-state index contributed by atoms with van der Waals surface area (Å²) in [6, 6.07) is 0. The normalized spacial score (nSPS) is 25.1. The van der Waals surface area contributed by atoms with Crippen LogP contribution in [0.1, 0.15) is 96.8 Å². The maximum atomic E-state index is 10.1. The number of hydrogen-bond donors (Lipinski definition) is 3. The summed E-state index contributed by atoms with van der Waals surface area (Å²) in [6.45, 7) is 2.56. The van der Waals surface area contributed by atoms with Crippen LogP contribution in [0.5, 0.6) is 0 Å². The standard InChI is InChI=1S/C24H46O5/c1-2-3-4-5-6-7-8-9-10-11-12-13-14-15-16-17-18-28-24-21(26)20-29-22(19-25)23(24)27/h3-4,21-27H,2,5-20H2,1H3/b4-3+/t21-,22+,23+,24+/m0/s1. The van der Waals surface area contributed by atoms with Gasteiger partial charge in [-0.2, -0.15) is 0 Å². The van der Waals surface area contributed by atoms with E-state index in [1.165, 1.54) is 70.6 Å². The van der Waals surface area contributed by atoms with Crippen molar-refractivity contribution < 1.29 is 24.8 Å². The van der Waals surface area contributed by atoms with Crippen molar-refractivity contribution in [2.45, 2.75) is 121 Å². The highest BCUT2D eigenvalue weighted by Crippen LogP contribution is 2.19. The summed E-state index contributed by atoms with van der Waals surface area (Å²) < 4.78 is 10.9. The van der Waals surface area contributed by atoms with Crippen molar-refractivity contribution in [2.75, 3.05) is 19.8 Å². The van der Waals surface area contributed by atoms with Gasteiger partial charge in [-0.3, -0.25) is 0 Å². The van der Waals surface area contributed by atoms with E-state index in [2.05, 4.69) is 19.1 Å². The Hall–Kier alpha value is -0.460. The molecule has 4 atom stereocenters. The molecule has 0 aromatic carbocycles. The largest absolute Gasteiger partial charge is 0.394 e. The zero-order valence-electron chi connectivity index (χ0n) is 18.6. The fourth-order valence-corrected chi connectivity index (χ4v) is 3.86. The highest BCUT2D eigenvalue weighted by molar-refractivity contribution is 4.87. The zero-order chi connectivity index (χ0) is 21.2. The SMILES string of the molecule is CC/C=C/CCCCCCCCCCCCCCO[C@H]1[C@H](O)[C@@H](CO)OC[C@@H]1O. The molecular formula is C24H46O5. The summed E-state index contributed by atoms with van der Waals surface area (Å²) in [5.41, 5.74) is 0. The third-order valence-electron chi connectivity index (χ3n) is 5.74. The zero-order valence-corrected chi connectivity index (χ0v) is 18.6. The van der Waals surface area contributed by atoms with Gasteiger partial charge in [-0.1, -0.05) is 83.3 Å². The van der Waals surface area contributed by atoms with Gasteiger partial charge in [-0.25, -0.2) is 0 Å². The smallest absolute Gasteiger partial charge is 0.114 e. The summed E-state index contributed by atoms with van der Waals surface area (Å²) in [6.07, 6.45) is 19.3. The molecular weight excluding hydrogens is 368 g/mol. The average molecular weight is 415 g/mol. The molecule has 5 nitrogen and oxygen atoms in total. The molecule has 0 aliphatic carbocycles. The van der Waals surface area contributed by atoms with Gasteiger partial charge in [0.2, 0.25) is 0 Å². The van der Waals surface area contributed by atoms with Gasteiger partial charge < -0.3 is 24.8 Å². The van der Waals surface area contributed by atoms with Gasteiger partial charge in [0.05, 0.1) is 13.2 Å². The molecule has 0 spiro atoms. The van der Waals surface area contributed by atoms with Crippen LogP contribution in [-0.2, 0) is 9.47 Å². The first-order valence-electron chi connectivity index (χ1n) is 12.1. The van der Waals surface area contributed by atoms with E-state index in [9.17, 15) is 10.2 Å². The highest BCUT2D eigenvalue weighted by Gasteiger charge is 2.38. The topological polar surface area (TPSA) is 79.2 Å². The molecule has 3 N–H and O–H groups in total. The average Bonchev–Trinajstić information content (AvgIpc) is 2.72. The van der Waals surface area contributed by atoms with Crippen LogP contribution in [0.4, 0.5) is 0 Å². The van der Waals surface area contributed by atoms with Gasteiger partial charge in [0.25, 0.3) is 0 Å². The van der Waals surface area contributed by atoms with Crippen molar-refractivity contribution in [1.29, 1.82) is 0 Å². The van der Waals surface area contributed by atoms with Crippen LogP contribution >= 0.6 is 0 Å². The Morgan fingerprint density at radius 1 is 0.828 bits per heavy atom. The lowest BCUT2D eigenvalue weighted by atomic mass is 10.0. The number of rotatable bonds is 18. The molecule has 0 bridgehead atoms. The molecule has 1 fully saturated rings. The summed E-state index contributed by atoms with van der Waals surface area (Å²) in [5, 5.41) is 29.1. The Labute approximate surface area is 178 Å². The fourth-order valence-electron chi connectivity index (χ4n) is 3.86. The van der Waals surface area contributed by atoms with E-state index in [1.807, 2.05) is 0 Å². The minimum absolute atomic E-state index is 0.100. The molecule has 0 saturated carbocycles. The van der Waals surface area contributed by atoms with E-state index < -0.39 is 24.4 Å². The molecule has 1 aliphatic rings. The third-order valence-corrected chi connectivity index (χ3v) is 5.74. The second-order valence-corrected chi connectivity index (χ2v) is 8.36. The van der Waals surface area contributed by atoms with Gasteiger partial charge in [-0.05, 0) is 25.7 Å². The van der Waals surface area contributed by atoms with Crippen molar-refractivity contribution in [3.05, 3.63) is 12.2 Å². The quantitative estimate of drug-likeness (QED) is 0.227. The number of aliphatic hydroxyl groups excluding tert-OH is 3. The van der Waals surface area contributed by atoms with Crippen LogP contribution in [0.25, 0.3) is 0 Å². The molecule has 0 amide bonds. The first kappa shape index (κ1) is 26.6. The van der Waals surface area contributed by atoms with Crippen LogP contribution < -0.4 is 0 Å². The van der Waals surface area contributed by atoms with Crippen molar-refractivity contribution in [3.8, 4) is 0 Å². The second kappa shape index (κ2) is 18.3. The highest BCUT2D eigenvalue weighted by atomic mass is 16.6. The van der Waals surface area contributed by atoms with Crippen LogP contribution in [-0.4, -0.2) is 59.6 Å². The summed E-state index contributed by atoms with van der Waals surface area (Å²) in [7, 11) is 0. The summed E-state index contributed by atoms with van der Waals surface area (Å²) >= 11 is 0. The van der Waals surface area contributed by atoms with Gasteiger partial charge >= 0.3 is 0 Å². The van der Waals surface area contributed by atoms with Crippen LogP contribution in [0.15, 0.2) is 12.2 Å². The predicted octanol–water partition coefficient (Wildman–Crippen LogP) is 4.52. The Morgan fingerprint density at radius 3 is 1.93 bits per heavy atom. The van der Waals surface area contributed by atoms with Crippen molar-refractivity contribution in [1.82, 2.24) is 0 Å². The Kier molecular flexibility index (Phi) is 16.8. The van der Waals surface area contributed by atoms with E-state index >= 15 is 0 Å². The molecule has 0 aromatic heterocycles. The molecule has 0 unspecified atom stereocenters. The van der Waals surface area contributed by atoms with Crippen molar-refractivity contribution >= 4 is 0 Å². The van der Waals surface area contributed by atoms with Gasteiger partial charge in [0.15, 0.2) is 0 Å². The maximum Gasteiger partial charge on any atom is 0.114 e. The molecule has 0 aromatic rings. The van der Waals surface area contributed by atoms with E-state index in [-0.39, 0.29) is 13.2 Å². The van der Waals surface area contributed by atoms with Crippen LogP contribution in [0.3, 0.4) is 0 Å². The Morgan fingerprint density at radius 2 is 1.38 bits per heavy atom. The van der Waals surface area contributed by atoms with Crippen molar-refractivity contribution in [2.24, 2.45) is 0 Å². The number of hydrogen-bond acceptors (Lipinski definition) is 5. The second-order valence-electron chi connectivity index (χ2n) is 8.36. The predicted molar refractivity (Wildman–Crippen MR) is 118 cm³/mol. The number of allylic oxidation sites excluding steroid dienone is 2. The van der Waals surface area contributed by atoms with Gasteiger partial charge in [-0.15, -0.1) is 0 Å². The number of unbranched alkanes of at least 4 members (excludes halogenated alkanes) is 12. The van der Waals surface area contributed by atoms with E-state index in [0.717, 1.165) is 19.3 Å². The van der Waals surface area contributed by atoms with E-state index in [0.29, 0.717) is 6.61 Å². The van der Waals surface area contributed by atoms with Crippen LogP contribution in [0, 0.1) is 0 Å². The minimum atomic E-state index is -0.971. The Balaban J connectivity index is 1.84. The Bertz CT molecular complexity index is 387. The monoisotopic (exact) mass is 414 g/mol. The van der Waals surface area contributed by atoms with Gasteiger partial charge in [0.1, 0.15) is 24.4 Å². The lowest BCUT2D eigenvalue weighted by molar-refractivity contribution is -0.210. The van der Waals surface area contributed by atoms with Crippen LogP contribution in [0.2, 0.25) is 0 Å². The molecule has 5 heteroatoms. The molecule has 172 valence electrons. The molecule has 1 rings (SSSR count).